The summed E-state index contributed by atoms with van der Waals surface area (Å²) in [6, 6.07) is 0.260. The van der Waals surface area contributed by atoms with E-state index in [1.54, 1.807) is 9.25 Å². The van der Waals surface area contributed by atoms with Gasteiger partial charge < -0.3 is 4.74 Å². The molecule has 0 saturated carbocycles. The molecule has 0 amide bonds. The Morgan fingerprint density at radius 2 is 2.06 bits per heavy atom. The van der Waals surface area contributed by atoms with Crippen molar-refractivity contribution in [3.05, 3.63) is 16.3 Å². The molecule has 1 aromatic heterocycles. The van der Waals surface area contributed by atoms with E-state index in [4.69, 9.17) is 4.74 Å². The zero-order valence-electron chi connectivity index (χ0n) is 11.0. The summed E-state index contributed by atoms with van der Waals surface area (Å²) < 4.78 is 8.74. The van der Waals surface area contributed by atoms with Crippen LogP contribution in [0, 0.1) is 0 Å². The maximum atomic E-state index is 12.3. The van der Waals surface area contributed by atoms with E-state index in [0.717, 1.165) is 18.9 Å². The Labute approximate surface area is 101 Å². The Bertz CT molecular complexity index is 439. The maximum absolute atomic E-state index is 12.3. The number of aromatic nitrogens is 3. The SMILES string of the molecule is CC(C)c1nn(C2CCOC2)c(=O)n1C(C)C. The van der Waals surface area contributed by atoms with Crippen LogP contribution in [0.3, 0.4) is 0 Å². The monoisotopic (exact) mass is 239 g/mol. The normalized spacial score (nSPS) is 20.7. The van der Waals surface area contributed by atoms with Gasteiger partial charge in [-0.15, -0.1) is 0 Å². The minimum atomic E-state index is -0.000741. The molecule has 5 heteroatoms. The van der Waals surface area contributed by atoms with Crippen LogP contribution < -0.4 is 5.69 Å². The molecule has 0 aliphatic carbocycles. The second-order valence-electron chi connectivity index (χ2n) is 5.22. The first-order valence-corrected chi connectivity index (χ1v) is 6.31. The lowest BCUT2D eigenvalue weighted by Crippen LogP contribution is -2.29. The quantitative estimate of drug-likeness (QED) is 0.806. The lowest BCUT2D eigenvalue weighted by molar-refractivity contribution is 0.183. The van der Waals surface area contributed by atoms with Gasteiger partial charge in [-0.3, -0.25) is 4.57 Å². The Morgan fingerprint density at radius 3 is 2.47 bits per heavy atom. The molecule has 0 spiro atoms. The highest BCUT2D eigenvalue weighted by molar-refractivity contribution is 4.97. The third kappa shape index (κ3) is 2.16. The van der Waals surface area contributed by atoms with Crippen molar-refractivity contribution in [3.8, 4) is 0 Å². The molecule has 1 aliphatic rings. The average molecular weight is 239 g/mol. The van der Waals surface area contributed by atoms with Gasteiger partial charge in [-0.2, -0.15) is 5.10 Å². The third-order valence-electron chi connectivity index (χ3n) is 3.14. The molecule has 2 heterocycles. The predicted octanol–water partition coefficient (Wildman–Crippen LogP) is 1.71. The number of hydrogen-bond donors (Lipinski definition) is 0. The molecule has 1 atom stereocenters. The third-order valence-corrected chi connectivity index (χ3v) is 3.14. The van der Waals surface area contributed by atoms with Crippen molar-refractivity contribution in [3.63, 3.8) is 0 Å². The van der Waals surface area contributed by atoms with Crippen LogP contribution in [0.5, 0.6) is 0 Å². The van der Waals surface area contributed by atoms with Gasteiger partial charge in [0, 0.05) is 18.6 Å². The molecule has 0 aromatic carbocycles. The predicted molar refractivity (Wildman–Crippen MR) is 65.4 cm³/mol. The molecule has 96 valence electrons. The molecule has 0 N–H and O–H groups in total. The van der Waals surface area contributed by atoms with Crippen molar-refractivity contribution in [2.75, 3.05) is 13.2 Å². The van der Waals surface area contributed by atoms with Crippen molar-refractivity contribution >= 4 is 0 Å². The van der Waals surface area contributed by atoms with E-state index in [9.17, 15) is 4.79 Å². The van der Waals surface area contributed by atoms with Crippen molar-refractivity contribution in [1.29, 1.82) is 0 Å². The lowest BCUT2D eigenvalue weighted by atomic mass is 10.2. The smallest absolute Gasteiger partial charge is 0.346 e. The summed E-state index contributed by atoms with van der Waals surface area (Å²) in [7, 11) is 0. The van der Waals surface area contributed by atoms with Crippen LogP contribution in [0.4, 0.5) is 0 Å². The summed E-state index contributed by atoms with van der Waals surface area (Å²) in [6.07, 6.45) is 0.881. The van der Waals surface area contributed by atoms with Crippen LogP contribution >= 0.6 is 0 Å². The fraction of sp³-hybridized carbons (Fsp3) is 0.833. The van der Waals surface area contributed by atoms with Crippen molar-refractivity contribution in [1.82, 2.24) is 14.3 Å². The van der Waals surface area contributed by atoms with Crippen LogP contribution in [-0.4, -0.2) is 27.6 Å². The van der Waals surface area contributed by atoms with E-state index in [0.29, 0.717) is 6.61 Å². The minimum absolute atomic E-state index is 0.000741. The van der Waals surface area contributed by atoms with E-state index in [2.05, 4.69) is 18.9 Å². The van der Waals surface area contributed by atoms with E-state index >= 15 is 0 Å². The molecular weight excluding hydrogens is 218 g/mol. The van der Waals surface area contributed by atoms with Crippen LogP contribution in [-0.2, 0) is 4.74 Å². The zero-order valence-corrected chi connectivity index (χ0v) is 11.0. The molecule has 1 aromatic rings. The molecule has 1 saturated heterocycles. The van der Waals surface area contributed by atoms with Crippen LogP contribution in [0.25, 0.3) is 0 Å². The second kappa shape index (κ2) is 4.64. The van der Waals surface area contributed by atoms with Gasteiger partial charge in [-0.1, -0.05) is 13.8 Å². The van der Waals surface area contributed by atoms with Gasteiger partial charge in [-0.05, 0) is 20.3 Å². The molecular formula is C12H21N3O2. The van der Waals surface area contributed by atoms with Crippen molar-refractivity contribution in [2.24, 2.45) is 0 Å². The Balaban J connectivity index is 2.47. The van der Waals surface area contributed by atoms with E-state index in [1.807, 2.05) is 13.8 Å². The van der Waals surface area contributed by atoms with Crippen LogP contribution in [0.15, 0.2) is 4.79 Å². The highest BCUT2D eigenvalue weighted by Gasteiger charge is 2.25. The van der Waals surface area contributed by atoms with Crippen LogP contribution in [0.1, 0.15) is 57.9 Å². The fourth-order valence-corrected chi connectivity index (χ4v) is 2.24. The first-order chi connectivity index (χ1) is 8.02. The lowest BCUT2D eigenvalue weighted by Gasteiger charge is -2.10. The summed E-state index contributed by atoms with van der Waals surface area (Å²) in [5.41, 5.74) is -0.000741. The highest BCUT2D eigenvalue weighted by atomic mass is 16.5. The van der Waals surface area contributed by atoms with E-state index < -0.39 is 0 Å². The molecule has 0 radical (unpaired) electrons. The molecule has 1 aliphatic heterocycles. The fourth-order valence-electron chi connectivity index (χ4n) is 2.24. The maximum Gasteiger partial charge on any atom is 0.346 e. The summed E-state index contributed by atoms with van der Waals surface area (Å²) >= 11 is 0. The molecule has 1 unspecified atom stereocenters. The molecule has 0 bridgehead atoms. The van der Waals surface area contributed by atoms with Gasteiger partial charge in [0.25, 0.3) is 0 Å². The summed E-state index contributed by atoms with van der Waals surface area (Å²) in [6.45, 7) is 9.50. The highest BCUT2D eigenvalue weighted by Crippen LogP contribution is 2.19. The number of hydrogen-bond acceptors (Lipinski definition) is 3. The number of ether oxygens (including phenoxy) is 1. The largest absolute Gasteiger partial charge is 0.379 e. The Kier molecular flexibility index (Phi) is 3.38. The standard InChI is InChI=1S/C12H21N3O2/c1-8(2)11-13-15(10-5-6-17-7-10)12(16)14(11)9(3)4/h8-10H,5-7H2,1-4H3. The van der Waals surface area contributed by atoms with Gasteiger partial charge >= 0.3 is 5.69 Å². The van der Waals surface area contributed by atoms with Gasteiger partial charge in [0.1, 0.15) is 5.82 Å². The summed E-state index contributed by atoms with van der Waals surface area (Å²) in [5.74, 6) is 1.13. The van der Waals surface area contributed by atoms with Gasteiger partial charge in [-0.25, -0.2) is 9.48 Å². The van der Waals surface area contributed by atoms with E-state index in [1.165, 1.54) is 0 Å². The van der Waals surface area contributed by atoms with E-state index in [-0.39, 0.29) is 23.7 Å². The van der Waals surface area contributed by atoms with Gasteiger partial charge in [0.15, 0.2) is 0 Å². The summed E-state index contributed by atoms with van der Waals surface area (Å²) in [5, 5.41) is 4.50. The summed E-state index contributed by atoms with van der Waals surface area (Å²) in [4.78, 5) is 12.3. The topological polar surface area (TPSA) is 49.1 Å². The van der Waals surface area contributed by atoms with Crippen molar-refractivity contribution in [2.45, 2.75) is 52.1 Å². The average Bonchev–Trinajstić information content (AvgIpc) is 2.83. The molecule has 5 nitrogen and oxygen atoms in total. The molecule has 1 fully saturated rings. The Hall–Kier alpha value is -1.10. The van der Waals surface area contributed by atoms with Crippen LogP contribution in [0.2, 0.25) is 0 Å². The van der Waals surface area contributed by atoms with Crippen molar-refractivity contribution < 1.29 is 4.74 Å². The number of rotatable bonds is 3. The molecule has 2 rings (SSSR count). The van der Waals surface area contributed by atoms with Gasteiger partial charge in [0.2, 0.25) is 0 Å². The zero-order chi connectivity index (χ0) is 12.6. The minimum Gasteiger partial charge on any atom is -0.379 e. The number of nitrogens with zero attached hydrogens (tertiary/aromatic N) is 3. The van der Waals surface area contributed by atoms with Gasteiger partial charge in [0.05, 0.1) is 12.6 Å². The molecule has 17 heavy (non-hydrogen) atoms. The second-order valence-corrected chi connectivity index (χ2v) is 5.22. The first kappa shape index (κ1) is 12.4. The first-order valence-electron chi connectivity index (χ1n) is 6.31. The Morgan fingerprint density at radius 1 is 1.35 bits per heavy atom.